The molecule has 0 N–H and O–H groups in total. The van der Waals surface area contributed by atoms with Gasteiger partial charge in [-0.25, -0.2) is 0 Å². The summed E-state index contributed by atoms with van der Waals surface area (Å²) in [4.78, 5) is 17.6. The molecule has 2 fully saturated rings. The predicted molar refractivity (Wildman–Crippen MR) is 111 cm³/mol. The third kappa shape index (κ3) is 5.56. The van der Waals surface area contributed by atoms with E-state index in [4.69, 9.17) is 9.47 Å². The third-order valence-corrected chi connectivity index (χ3v) is 5.58. The smallest absolute Gasteiger partial charge is 0.313 e. The van der Waals surface area contributed by atoms with Gasteiger partial charge in [0, 0.05) is 38.8 Å². The van der Waals surface area contributed by atoms with Gasteiger partial charge < -0.3 is 14.4 Å². The summed E-state index contributed by atoms with van der Waals surface area (Å²) in [5.41, 5.74) is 0.361. The number of likely N-dealkylation sites (tertiary alicyclic amines) is 1. The first-order valence-electron chi connectivity index (χ1n) is 10.5. The summed E-state index contributed by atoms with van der Waals surface area (Å²) in [5.74, 6) is -0.122. The van der Waals surface area contributed by atoms with E-state index >= 15 is 0 Å². The number of fused-ring (bicyclic) bond motifs is 1. The van der Waals surface area contributed by atoms with E-state index in [0.717, 1.165) is 39.2 Å². The van der Waals surface area contributed by atoms with E-state index in [1.165, 1.54) is 5.56 Å². The average molecular weight is 389 g/mol. The van der Waals surface area contributed by atoms with Crippen LogP contribution in [0.4, 0.5) is 0 Å². The summed E-state index contributed by atoms with van der Waals surface area (Å²) < 4.78 is 11.7. The van der Waals surface area contributed by atoms with E-state index < -0.39 is 11.0 Å². The van der Waals surface area contributed by atoms with Crippen molar-refractivity contribution >= 4 is 5.97 Å². The van der Waals surface area contributed by atoms with Crippen LogP contribution in [-0.2, 0) is 20.8 Å². The Morgan fingerprint density at radius 1 is 1.14 bits per heavy atom. The minimum atomic E-state index is -0.528. The maximum absolute atomic E-state index is 12.7. The number of piperidine rings is 1. The molecule has 5 nitrogen and oxygen atoms in total. The van der Waals surface area contributed by atoms with Gasteiger partial charge in [0.1, 0.15) is 5.60 Å². The maximum atomic E-state index is 12.7. The number of hydrogen-bond donors (Lipinski definition) is 0. The Morgan fingerprint density at radius 2 is 1.86 bits per heavy atom. The van der Waals surface area contributed by atoms with Crippen LogP contribution in [0.5, 0.6) is 0 Å². The average Bonchev–Trinajstić information content (AvgIpc) is 2.61. The Hall–Kier alpha value is -1.43. The number of carbonyl (C=O) groups excluding carboxylic acids is 1. The Kier molecular flexibility index (Phi) is 6.47. The molecule has 0 radical (unpaired) electrons. The van der Waals surface area contributed by atoms with Crippen LogP contribution >= 0.6 is 0 Å². The van der Waals surface area contributed by atoms with Gasteiger partial charge in [0.15, 0.2) is 0 Å². The second kappa shape index (κ2) is 8.52. The molecule has 0 bridgehead atoms. The molecule has 0 aromatic heterocycles. The molecule has 156 valence electrons. The van der Waals surface area contributed by atoms with Crippen molar-refractivity contribution in [2.75, 3.05) is 32.8 Å². The lowest BCUT2D eigenvalue weighted by Crippen LogP contribution is -2.60. The second-order valence-corrected chi connectivity index (χ2v) is 9.84. The fourth-order valence-electron chi connectivity index (χ4n) is 4.21. The first kappa shape index (κ1) is 21.3. The summed E-state index contributed by atoms with van der Waals surface area (Å²) in [6.07, 6.45) is 1.30. The fourth-order valence-corrected chi connectivity index (χ4v) is 4.21. The quantitative estimate of drug-likeness (QED) is 0.724. The highest BCUT2D eigenvalue weighted by Gasteiger charge is 2.40. The van der Waals surface area contributed by atoms with Crippen molar-refractivity contribution in [2.45, 2.75) is 65.3 Å². The Bertz CT molecular complexity index is 654. The number of morpholine rings is 1. The van der Waals surface area contributed by atoms with E-state index in [1.54, 1.807) is 0 Å². The van der Waals surface area contributed by atoms with Crippen molar-refractivity contribution in [3.8, 4) is 0 Å². The zero-order chi connectivity index (χ0) is 20.4. The van der Waals surface area contributed by atoms with E-state index in [1.807, 2.05) is 34.6 Å². The molecule has 1 aromatic carbocycles. The number of hydrogen-bond acceptors (Lipinski definition) is 5. The molecular formula is C23H36N2O3. The van der Waals surface area contributed by atoms with Crippen molar-refractivity contribution in [1.29, 1.82) is 0 Å². The SMILES string of the molecule is CC(C)(C)OC(=O)C(C)(C)CN1CC[C@H]2OCCN(Cc3ccccc3)[C@H]2C1. The molecule has 5 heteroatoms. The Labute approximate surface area is 170 Å². The maximum Gasteiger partial charge on any atom is 0.313 e. The molecule has 0 amide bonds. The normalized spacial score (nSPS) is 24.6. The van der Waals surface area contributed by atoms with Crippen LogP contribution < -0.4 is 0 Å². The van der Waals surface area contributed by atoms with Gasteiger partial charge in [-0.15, -0.1) is 0 Å². The van der Waals surface area contributed by atoms with Crippen LogP contribution in [0, 0.1) is 5.41 Å². The topological polar surface area (TPSA) is 42.0 Å². The van der Waals surface area contributed by atoms with E-state index in [-0.39, 0.29) is 5.97 Å². The molecule has 0 aliphatic carbocycles. The summed E-state index contributed by atoms with van der Waals surface area (Å²) in [6.45, 7) is 15.1. The summed E-state index contributed by atoms with van der Waals surface area (Å²) in [7, 11) is 0. The van der Waals surface area contributed by atoms with Gasteiger partial charge >= 0.3 is 5.97 Å². The minimum Gasteiger partial charge on any atom is -0.460 e. The van der Waals surface area contributed by atoms with E-state index in [9.17, 15) is 4.79 Å². The molecule has 0 unspecified atom stereocenters. The van der Waals surface area contributed by atoms with Crippen LogP contribution in [0.25, 0.3) is 0 Å². The van der Waals surface area contributed by atoms with Crippen LogP contribution in [0.15, 0.2) is 30.3 Å². The lowest BCUT2D eigenvalue weighted by Gasteiger charge is -2.48. The van der Waals surface area contributed by atoms with Gasteiger partial charge in [0.05, 0.1) is 18.1 Å². The summed E-state index contributed by atoms with van der Waals surface area (Å²) >= 11 is 0. The number of esters is 1. The molecule has 2 aliphatic rings. The van der Waals surface area contributed by atoms with Gasteiger partial charge in [-0.2, -0.15) is 0 Å². The predicted octanol–water partition coefficient (Wildman–Crippen LogP) is 3.33. The second-order valence-electron chi connectivity index (χ2n) is 9.84. The number of benzene rings is 1. The number of ether oxygens (including phenoxy) is 2. The first-order chi connectivity index (χ1) is 13.1. The first-order valence-corrected chi connectivity index (χ1v) is 10.5. The zero-order valence-electron chi connectivity index (χ0n) is 18.1. The highest BCUT2D eigenvalue weighted by molar-refractivity contribution is 5.76. The monoisotopic (exact) mass is 388 g/mol. The molecule has 0 saturated carbocycles. The molecule has 0 spiro atoms. The summed E-state index contributed by atoms with van der Waals surface area (Å²) in [6, 6.07) is 11.0. The van der Waals surface area contributed by atoms with Crippen LogP contribution in [0.2, 0.25) is 0 Å². The lowest BCUT2D eigenvalue weighted by molar-refractivity contribution is -0.168. The highest BCUT2D eigenvalue weighted by atomic mass is 16.6. The number of carbonyl (C=O) groups is 1. The Morgan fingerprint density at radius 3 is 2.54 bits per heavy atom. The fraction of sp³-hybridized carbons (Fsp3) is 0.696. The number of rotatable bonds is 5. The molecule has 3 rings (SSSR count). The van der Waals surface area contributed by atoms with Gasteiger partial charge in [-0.1, -0.05) is 30.3 Å². The summed E-state index contributed by atoms with van der Waals surface area (Å²) in [5, 5.41) is 0. The van der Waals surface area contributed by atoms with E-state index in [0.29, 0.717) is 18.7 Å². The Balaban J connectivity index is 1.63. The molecule has 2 saturated heterocycles. The van der Waals surface area contributed by atoms with Crippen molar-refractivity contribution < 1.29 is 14.3 Å². The van der Waals surface area contributed by atoms with Gasteiger partial charge in [0.2, 0.25) is 0 Å². The zero-order valence-corrected chi connectivity index (χ0v) is 18.1. The van der Waals surface area contributed by atoms with Gasteiger partial charge in [-0.05, 0) is 46.6 Å². The molecular weight excluding hydrogens is 352 g/mol. The molecule has 28 heavy (non-hydrogen) atoms. The van der Waals surface area contributed by atoms with Gasteiger partial charge in [0.25, 0.3) is 0 Å². The molecule has 2 heterocycles. The largest absolute Gasteiger partial charge is 0.460 e. The van der Waals surface area contributed by atoms with Gasteiger partial charge in [-0.3, -0.25) is 9.69 Å². The third-order valence-electron chi connectivity index (χ3n) is 5.58. The molecule has 2 aliphatic heterocycles. The van der Waals surface area contributed by atoms with E-state index in [2.05, 4.69) is 40.1 Å². The van der Waals surface area contributed by atoms with Crippen LogP contribution in [0.3, 0.4) is 0 Å². The van der Waals surface area contributed by atoms with Crippen LogP contribution in [0.1, 0.15) is 46.6 Å². The van der Waals surface area contributed by atoms with Crippen molar-refractivity contribution in [2.24, 2.45) is 5.41 Å². The van der Waals surface area contributed by atoms with Crippen LogP contribution in [-0.4, -0.2) is 66.3 Å². The minimum absolute atomic E-state index is 0.122. The number of nitrogens with zero attached hydrogens (tertiary/aromatic N) is 2. The molecule has 2 atom stereocenters. The lowest BCUT2D eigenvalue weighted by atomic mass is 9.90. The highest BCUT2D eigenvalue weighted by Crippen LogP contribution is 2.28. The standard InChI is InChI=1S/C23H36N2O3/c1-22(2,3)28-21(26)23(4,5)17-24-12-11-20-19(16-24)25(13-14-27-20)15-18-9-7-6-8-10-18/h6-10,19-20H,11-17H2,1-5H3/t19-,20+/m0/s1. The van der Waals surface area contributed by atoms with Crippen molar-refractivity contribution in [3.05, 3.63) is 35.9 Å². The molecule has 1 aromatic rings. The van der Waals surface area contributed by atoms with Crippen molar-refractivity contribution in [3.63, 3.8) is 0 Å². The van der Waals surface area contributed by atoms with Crippen molar-refractivity contribution in [1.82, 2.24) is 9.80 Å².